The summed E-state index contributed by atoms with van der Waals surface area (Å²) in [5.41, 5.74) is 0.790. The summed E-state index contributed by atoms with van der Waals surface area (Å²) in [6.07, 6.45) is -0.525. The highest BCUT2D eigenvalue weighted by Crippen LogP contribution is 2.27. The van der Waals surface area contributed by atoms with Crippen molar-refractivity contribution < 1.29 is 14.2 Å². The van der Waals surface area contributed by atoms with Gasteiger partial charge in [0.1, 0.15) is 5.75 Å². The molecule has 0 aliphatic heterocycles. The number of hydrogen-bond acceptors (Lipinski definition) is 2. The minimum Gasteiger partial charge on any atom is -0.454 e. The molecule has 0 fully saturated rings. The molecule has 2 nitrogen and oxygen atoms in total. The third-order valence-electron chi connectivity index (χ3n) is 2.48. The first-order valence-electron chi connectivity index (χ1n) is 5.47. The average Bonchev–Trinajstić information content (AvgIpc) is 2.33. The van der Waals surface area contributed by atoms with Gasteiger partial charge in [0, 0.05) is 4.47 Å². The summed E-state index contributed by atoms with van der Waals surface area (Å²) in [7, 11) is 0. The Morgan fingerprint density at radius 3 is 2.39 bits per heavy atom. The number of aliphatic hydroxyl groups is 1. The maximum Gasteiger partial charge on any atom is 0.166 e. The highest BCUT2D eigenvalue weighted by atomic mass is 79.9. The van der Waals surface area contributed by atoms with E-state index in [0.29, 0.717) is 10.2 Å². The van der Waals surface area contributed by atoms with E-state index < -0.39 is 11.9 Å². The van der Waals surface area contributed by atoms with Crippen LogP contribution in [0.3, 0.4) is 0 Å². The lowest BCUT2D eigenvalue weighted by Gasteiger charge is -2.09. The third-order valence-corrected chi connectivity index (χ3v) is 2.98. The summed E-state index contributed by atoms with van der Waals surface area (Å²) in [6, 6.07) is 11.5. The summed E-state index contributed by atoms with van der Waals surface area (Å²) in [5, 5.41) is 9.37. The number of aliphatic hydroxyl groups excluding tert-OH is 1. The number of halogens is 2. The zero-order valence-electron chi connectivity index (χ0n) is 9.73. The molecule has 94 valence electrons. The Balaban J connectivity index is 2.18. The lowest BCUT2D eigenvalue weighted by atomic mass is 10.1. The molecule has 1 N–H and O–H groups in total. The molecule has 1 atom stereocenters. The van der Waals surface area contributed by atoms with Gasteiger partial charge in [0.2, 0.25) is 0 Å². The summed E-state index contributed by atoms with van der Waals surface area (Å²) >= 11 is 3.18. The smallest absolute Gasteiger partial charge is 0.166 e. The molecule has 0 saturated carbocycles. The van der Waals surface area contributed by atoms with E-state index >= 15 is 0 Å². The number of hydrogen-bond donors (Lipinski definition) is 1. The van der Waals surface area contributed by atoms with Gasteiger partial charge >= 0.3 is 0 Å². The van der Waals surface area contributed by atoms with Gasteiger partial charge < -0.3 is 9.84 Å². The van der Waals surface area contributed by atoms with Crippen molar-refractivity contribution in [3.8, 4) is 11.5 Å². The van der Waals surface area contributed by atoms with E-state index in [9.17, 15) is 9.50 Å². The van der Waals surface area contributed by atoms with Crippen LogP contribution in [0.4, 0.5) is 4.39 Å². The van der Waals surface area contributed by atoms with E-state index in [0.717, 1.165) is 5.56 Å². The van der Waals surface area contributed by atoms with E-state index in [1.54, 1.807) is 43.3 Å². The Morgan fingerprint density at radius 2 is 1.83 bits per heavy atom. The highest BCUT2D eigenvalue weighted by molar-refractivity contribution is 9.10. The Bertz CT molecular complexity index is 538. The van der Waals surface area contributed by atoms with E-state index in [-0.39, 0.29) is 5.75 Å². The predicted octanol–water partition coefficient (Wildman–Crippen LogP) is 4.43. The Hall–Kier alpha value is -1.39. The minimum atomic E-state index is -0.525. The quantitative estimate of drug-likeness (QED) is 0.908. The molecule has 0 radical (unpaired) electrons. The molecular weight excluding hydrogens is 299 g/mol. The highest BCUT2D eigenvalue weighted by Gasteiger charge is 2.06. The first-order chi connectivity index (χ1) is 8.56. The molecule has 2 rings (SSSR count). The van der Waals surface area contributed by atoms with Gasteiger partial charge in [0.25, 0.3) is 0 Å². The summed E-state index contributed by atoms with van der Waals surface area (Å²) in [6.45, 7) is 1.68. The first kappa shape index (κ1) is 13.1. The SMILES string of the molecule is CC(O)c1ccc(Oc2ccc(Br)cc2F)cc1. The third kappa shape index (κ3) is 3.09. The molecule has 0 aliphatic rings. The van der Waals surface area contributed by atoms with Crippen LogP contribution in [0.25, 0.3) is 0 Å². The van der Waals surface area contributed by atoms with Crippen LogP contribution in [-0.2, 0) is 0 Å². The van der Waals surface area contributed by atoms with Crippen molar-refractivity contribution in [1.82, 2.24) is 0 Å². The van der Waals surface area contributed by atoms with Crippen LogP contribution in [0, 0.1) is 5.82 Å². The number of ether oxygens (including phenoxy) is 1. The molecule has 18 heavy (non-hydrogen) atoms. The summed E-state index contributed by atoms with van der Waals surface area (Å²) < 4.78 is 19.6. The van der Waals surface area contributed by atoms with Gasteiger partial charge in [-0.05, 0) is 42.8 Å². The Kier molecular flexibility index (Phi) is 3.99. The molecule has 0 amide bonds. The van der Waals surface area contributed by atoms with Crippen LogP contribution in [0.15, 0.2) is 46.9 Å². The lowest BCUT2D eigenvalue weighted by molar-refractivity contribution is 0.199. The lowest BCUT2D eigenvalue weighted by Crippen LogP contribution is -1.92. The van der Waals surface area contributed by atoms with Crippen LogP contribution in [0.5, 0.6) is 11.5 Å². The zero-order valence-corrected chi connectivity index (χ0v) is 11.3. The summed E-state index contributed by atoms with van der Waals surface area (Å²) in [5.74, 6) is 0.271. The minimum absolute atomic E-state index is 0.169. The second kappa shape index (κ2) is 5.50. The maximum atomic E-state index is 13.5. The van der Waals surface area contributed by atoms with Crippen molar-refractivity contribution >= 4 is 15.9 Å². The monoisotopic (exact) mass is 310 g/mol. The number of rotatable bonds is 3. The maximum absolute atomic E-state index is 13.5. The van der Waals surface area contributed by atoms with Gasteiger partial charge in [-0.2, -0.15) is 0 Å². The molecule has 0 aliphatic carbocycles. The van der Waals surface area contributed by atoms with Gasteiger partial charge in [-0.1, -0.05) is 28.1 Å². The number of benzene rings is 2. The van der Waals surface area contributed by atoms with Gasteiger partial charge in [-0.3, -0.25) is 0 Å². The molecule has 0 bridgehead atoms. The van der Waals surface area contributed by atoms with Gasteiger partial charge in [-0.15, -0.1) is 0 Å². The molecule has 4 heteroatoms. The average molecular weight is 311 g/mol. The standard InChI is InChI=1S/C14H12BrFO2/c1-9(17)10-2-5-12(6-3-10)18-14-7-4-11(15)8-13(14)16/h2-9,17H,1H3. The fourth-order valence-electron chi connectivity index (χ4n) is 1.50. The van der Waals surface area contributed by atoms with Gasteiger partial charge in [-0.25, -0.2) is 4.39 Å². The van der Waals surface area contributed by atoms with E-state index in [1.807, 2.05) is 0 Å². The molecular formula is C14H12BrFO2. The molecule has 0 spiro atoms. The van der Waals surface area contributed by atoms with Crippen molar-refractivity contribution in [3.05, 3.63) is 58.3 Å². The molecule has 0 heterocycles. The van der Waals surface area contributed by atoms with Crippen molar-refractivity contribution in [1.29, 1.82) is 0 Å². The van der Waals surface area contributed by atoms with Gasteiger partial charge in [0.15, 0.2) is 11.6 Å². The van der Waals surface area contributed by atoms with Crippen molar-refractivity contribution in [3.63, 3.8) is 0 Å². The molecule has 2 aromatic rings. The summed E-state index contributed by atoms with van der Waals surface area (Å²) in [4.78, 5) is 0. The van der Waals surface area contributed by atoms with Crippen LogP contribution in [0.1, 0.15) is 18.6 Å². The zero-order chi connectivity index (χ0) is 13.1. The van der Waals surface area contributed by atoms with Crippen molar-refractivity contribution in [2.75, 3.05) is 0 Å². The topological polar surface area (TPSA) is 29.5 Å². The Labute approximate surface area is 113 Å². The van der Waals surface area contributed by atoms with E-state index in [1.165, 1.54) is 6.07 Å². The second-order valence-corrected chi connectivity index (χ2v) is 4.84. The molecule has 0 saturated heterocycles. The van der Waals surface area contributed by atoms with Gasteiger partial charge in [0.05, 0.1) is 6.10 Å². The fraction of sp³-hybridized carbons (Fsp3) is 0.143. The fourth-order valence-corrected chi connectivity index (χ4v) is 1.83. The normalized spacial score (nSPS) is 12.2. The van der Waals surface area contributed by atoms with E-state index in [2.05, 4.69) is 15.9 Å². The predicted molar refractivity (Wildman–Crippen MR) is 71.2 cm³/mol. The van der Waals surface area contributed by atoms with Crippen LogP contribution in [0.2, 0.25) is 0 Å². The largest absolute Gasteiger partial charge is 0.454 e. The van der Waals surface area contributed by atoms with E-state index in [4.69, 9.17) is 4.74 Å². The Morgan fingerprint density at radius 1 is 1.17 bits per heavy atom. The molecule has 2 aromatic carbocycles. The van der Waals surface area contributed by atoms with Crippen molar-refractivity contribution in [2.24, 2.45) is 0 Å². The van der Waals surface area contributed by atoms with Crippen LogP contribution in [-0.4, -0.2) is 5.11 Å². The molecule has 0 aromatic heterocycles. The van der Waals surface area contributed by atoms with Crippen molar-refractivity contribution in [2.45, 2.75) is 13.0 Å². The second-order valence-electron chi connectivity index (χ2n) is 3.92. The first-order valence-corrected chi connectivity index (χ1v) is 6.26. The van der Waals surface area contributed by atoms with Crippen LogP contribution >= 0.6 is 15.9 Å². The van der Waals surface area contributed by atoms with Crippen LogP contribution < -0.4 is 4.74 Å². The molecule has 1 unspecified atom stereocenters.